The molecule has 0 aromatic heterocycles. The summed E-state index contributed by atoms with van der Waals surface area (Å²) in [7, 11) is 0. The van der Waals surface area contributed by atoms with Crippen LogP contribution in [0.1, 0.15) is 64.2 Å². The fourth-order valence-corrected chi connectivity index (χ4v) is 5.70. The molecule has 1 amide bonds. The number of nitrogens with zero attached hydrogens (tertiary/aromatic N) is 1. The largest absolute Gasteiger partial charge is 0.446 e. The van der Waals surface area contributed by atoms with Crippen LogP contribution in [-0.2, 0) is 24.0 Å². The van der Waals surface area contributed by atoms with Gasteiger partial charge < -0.3 is 19.1 Å². The predicted octanol–water partition coefficient (Wildman–Crippen LogP) is 3.37. The van der Waals surface area contributed by atoms with E-state index >= 15 is 0 Å². The molecule has 27 heavy (non-hydrogen) atoms. The molecule has 5 atom stereocenters. The first-order chi connectivity index (χ1) is 13.2. The average molecular weight is 381 g/mol. The quantitative estimate of drug-likeness (QED) is 0.649. The molecule has 0 aromatic carbocycles. The molecule has 6 aliphatic rings. The third kappa shape index (κ3) is 3.48. The van der Waals surface area contributed by atoms with Crippen LogP contribution in [0, 0.1) is 11.8 Å². The number of carbonyl (C=O) groups excluding carboxylic acids is 1. The SMILES string of the molecule is O=C(O[C@@H]1CCC[C@]2(C1)OOC1(CC3CCCC1CC3)O2)N1CCOCC1. The summed E-state index contributed by atoms with van der Waals surface area (Å²) in [4.78, 5) is 26.0. The third-order valence-corrected chi connectivity index (χ3v) is 7.14. The van der Waals surface area contributed by atoms with E-state index in [9.17, 15) is 4.79 Å². The second-order valence-corrected chi connectivity index (χ2v) is 8.97. The number of fused-ring (bicyclic) bond motifs is 3. The lowest BCUT2D eigenvalue weighted by molar-refractivity contribution is -0.369. The van der Waals surface area contributed by atoms with Gasteiger partial charge in [0, 0.05) is 38.3 Å². The highest BCUT2D eigenvalue weighted by Gasteiger charge is 2.60. The Bertz CT molecular complexity index is 563. The highest BCUT2D eigenvalue weighted by atomic mass is 17.3. The Balaban J connectivity index is 1.24. The predicted molar refractivity (Wildman–Crippen MR) is 94.5 cm³/mol. The van der Waals surface area contributed by atoms with Gasteiger partial charge in [0.1, 0.15) is 6.10 Å². The van der Waals surface area contributed by atoms with Gasteiger partial charge in [-0.15, -0.1) is 0 Å². The van der Waals surface area contributed by atoms with Crippen LogP contribution in [-0.4, -0.2) is 55.0 Å². The molecule has 2 aliphatic heterocycles. The Morgan fingerprint density at radius 3 is 2.74 bits per heavy atom. The topological polar surface area (TPSA) is 66.5 Å². The van der Waals surface area contributed by atoms with Crippen LogP contribution in [0.3, 0.4) is 0 Å². The Morgan fingerprint density at radius 1 is 0.963 bits per heavy atom. The highest BCUT2D eigenvalue weighted by Crippen LogP contribution is 2.55. The van der Waals surface area contributed by atoms with Gasteiger partial charge >= 0.3 is 6.09 Å². The average Bonchev–Trinajstić information content (AvgIpc) is 2.84. The zero-order chi connectivity index (χ0) is 18.3. The van der Waals surface area contributed by atoms with E-state index in [1.807, 2.05) is 0 Å². The molecule has 4 saturated carbocycles. The summed E-state index contributed by atoms with van der Waals surface area (Å²) in [5, 5.41) is 0. The van der Waals surface area contributed by atoms with Gasteiger partial charge in [-0.05, 0) is 38.0 Å². The van der Waals surface area contributed by atoms with E-state index in [1.54, 1.807) is 4.90 Å². The maximum atomic E-state index is 12.4. The van der Waals surface area contributed by atoms with Crippen LogP contribution >= 0.6 is 0 Å². The highest BCUT2D eigenvalue weighted by molar-refractivity contribution is 5.67. The molecular formula is C20H31NO6. The Morgan fingerprint density at radius 2 is 1.85 bits per heavy atom. The van der Waals surface area contributed by atoms with Crippen LogP contribution in [0.5, 0.6) is 0 Å². The summed E-state index contributed by atoms with van der Waals surface area (Å²) >= 11 is 0. The lowest BCUT2D eigenvalue weighted by atomic mass is 9.78. The van der Waals surface area contributed by atoms with Crippen LogP contribution in [0.25, 0.3) is 0 Å². The van der Waals surface area contributed by atoms with E-state index in [0.29, 0.717) is 44.6 Å². The minimum atomic E-state index is -0.751. The first kappa shape index (κ1) is 18.2. The van der Waals surface area contributed by atoms with Crippen LogP contribution in [0.4, 0.5) is 4.79 Å². The standard InChI is InChI=1S/C20H31NO6/c22-18(21-9-11-23-12-10-21)24-17-5-2-8-19(14-17)25-20(27-26-19)13-15-3-1-4-16(20)7-6-15/h15-17H,1-14H2/t15?,16?,17-,19-,20?/m1/s1. The Kier molecular flexibility index (Phi) is 4.82. The first-order valence-corrected chi connectivity index (χ1v) is 10.8. The molecule has 2 heterocycles. The van der Waals surface area contributed by atoms with E-state index in [2.05, 4.69) is 0 Å². The Hall–Kier alpha value is -0.890. The van der Waals surface area contributed by atoms with E-state index in [4.69, 9.17) is 24.0 Å². The Labute approximate surface area is 160 Å². The first-order valence-electron chi connectivity index (χ1n) is 10.8. The summed E-state index contributed by atoms with van der Waals surface area (Å²) in [6.07, 6.45) is 9.78. The molecule has 6 fully saturated rings. The molecule has 0 radical (unpaired) electrons. The maximum Gasteiger partial charge on any atom is 0.410 e. The molecule has 4 aliphatic carbocycles. The molecule has 0 N–H and O–H groups in total. The van der Waals surface area contributed by atoms with Gasteiger partial charge in [0.2, 0.25) is 11.6 Å². The minimum Gasteiger partial charge on any atom is -0.446 e. The summed E-state index contributed by atoms with van der Waals surface area (Å²) in [6.45, 7) is 2.35. The van der Waals surface area contributed by atoms with Gasteiger partial charge in [-0.3, -0.25) is 0 Å². The lowest BCUT2D eigenvalue weighted by Crippen LogP contribution is -2.48. The van der Waals surface area contributed by atoms with Crippen molar-refractivity contribution in [2.75, 3.05) is 26.3 Å². The normalized spacial score (nSPS) is 44.6. The van der Waals surface area contributed by atoms with Crippen molar-refractivity contribution in [1.29, 1.82) is 0 Å². The van der Waals surface area contributed by atoms with E-state index < -0.39 is 11.6 Å². The number of hydrogen-bond donors (Lipinski definition) is 0. The number of carbonyl (C=O) groups is 1. The summed E-state index contributed by atoms with van der Waals surface area (Å²) < 4.78 is 17.7. The van der Waals surface area contributed by atoms with Gasteiger partial charge in [-0.25, -0.2) is 4.79 Å². The van der Waals surface area contributed by atoms with Crippen LogP contribution in [0.15, 0.2) is 0 Å². The molecule has 6 rings (SSSR count). The van der Waals surface area contributed by atoms with Crippen molar-refractivity contribution in [3.8, 4) is 0 Å². The fourth-order valence-electron chi connectivity index (χ4n) is 5.70. The van der Waals surface area contributed by atoms with Crippen molar-refractivity contribution in [1.82, 2.24) is 4.90 Å². The third-order valence-electron chi connectivity index (χ3n) is 7.14. The van der Waals surface area contributed by atoms with Crippen molar-refractivity contribution in [2.45, 2.75) is 81.9 Å². The van der Waals surface area contributed by atoms with Gasteiger partial charge in [0.05, 0.1) is 13.2 Å². The van der Waals surface area contributed by atoms with Crippen molar-refractivity contribution < 1.29 is 28.8 Å². The molecule has 3 unspecified atom stereocenters. The van der Waals surface area contributed by atoms with Crippen molar-refractivity contribution in [2.24, 2.45) is 11.8 Å². The van der Waals surface area contributed by atoms with Crippen molar-refractivity contribution >= 4 is 6.09 Å². The lowest BCUT2D eigenvalue weighted by Gasteiger charge is -2.41. The van der Waals surface area contributed by atoms with E-state index in [-0.39, 0.29) is 12.2 Å². The molecule has 152 valence electrons. The van der Waals surface area contributed by atoms with Crippen molar-refractivity contribution in [3.63, 3.8) is 0 Å². The summed E-state index contributed by atoms with van der Waals surface area (Å²) in [5.74, 6) is -0.221. The van der Waals surface area contributed by atoms with Crippen molar-refractivity contribution in [3.05, 3.63) is 0 Å². The second-order valence-electron chi connectivity index (χ2n) is 8.97. The maximum absolute atomic E-state index is 12.4. The molecule has 2 spiro atoms. The molecule has 7 nitrogen and oxygen atoms in total. The number of ether oxygens (including phenoxy) is 3. The summed E-state index contributed by atoms with van der Waals surface area (Å²) in [6, 6.07) is 0. The van der Waals surface area contributed by atoms with Gasteiger partial charge in [0.25, 0.3) is 0 Å². The number of rotatable bonds is 1. The molecule has 2 bridgehead atoms. The van der Waals surface area contributed by atoms with Gasteiger partial charge in [0.15, 0.2) is 0 Å². The summed E-state index contributed by atoms with van der Waals surface area (Å²) in [5.41, 5.74) is 0. The minimum absolute atomic E-state index is 0.184. The van der Waals surface area contributed by atoms with Crippen LogP contribution in [0.2, 0.25) is 0 Å². The number of morpholine rings is 1. The number of hydrogen-bond acceptors (Lipinski definition) is 6. The van der Waals surface area contributed by atoms with Gasteiger partial charge in [-0.2, -0.15) is 9.78 Å². The molecule has 0 aromatic rings. The zero-order valence-electron chi connectivity index (χ0n) is 16.0. The smallest absolute Gasteiger partial charge is 0.410 e. The number of amides is 1. The zero-order valence-corrected chi connectivity index (χ0v) is 16.0. The van der Waals surface area contributed by atoms with E-state index in [1.165, 1.54) is 25.7 Å². The van der Waals surface area contributed by atoms with Gasteiger partial charge in [-0.1, -0.05) is 12.8 Å². The molecule has 2 saturated heterocycles. The molecular weight excluding hydrogens is 350 g/mol. The second kappa shape index (κ2) is 7.17. The van der Waals surface area contributed by atoms with Crippen LogP contribution < -0.4 is 0 Å². The molecule has 7 heteroatoms. The fraction of sp³-hybridized carbons (Fsp3) is 0.950. The monoisotopic (exact) mass is 381 g/mol. The van der Waals surface area contributed by atoms with E-state index in [0.717, 1.165) is 32.1 Å².